The second kappa shape index (κ2) is 6.71. The predicted octanol–water partition coefficient (Wildman–Crippen LogP) is 4.04. The molecular formula is C17H20O2S. The molecule has 0 spiro atoms. The molecule has 1 atom stereocenters. The highest BCUT2D eigenvalue weighted by Crippen LogP contribution is 2.25. The van der Waals surface area contributed by atoms with Crippen LogP contribution in [0.15, 0.2) is 65.6 Å². The van der Waals surface area contributed by atoms with Crippen LogP contribution in [0.1, 0.15) is 31.2 Å². The fraction of sp³-hybridized carbons (Fsp3) is 0.294. The molecule has 0 heterocycles. The Labute approximate surface area is 121 Å². The first-order valence-electron chi connectivity index (χ1n) is 6.96. The second-order valence-electron chi connectivity index (χ2n) is 4.99. The first-order chi connectivity index (χ1) is 9.63. The monoisotopic (exact) mass is 288 g/mol. The smallest absolute Gasteiger partial charge is 0.178 e. The van der Waals surface area contributed by atoms with Crippen LogP contribution in [0.3, 0.4) is 0 Å². The molecule has 0 radical (unpaired) electrons. The average Bonchev–Trinajstić information content (AvgIpc) is 2.48. The summed E-state index contributed by atoms with van der Waals surface area (Å²) in [6, 6.07) is 18.6. The lowest BCUT2D eigenvalue weighted by molar-refractivity contribution is 0.579. The van der Waals surface area contributed by atoms with Gasteiger partial charge in [0.1, 0.15) is 0 Å². The molecule has 0 unspecified atom stereocenters. The minimum Gasteiger partial charge on any atom is -0.224 e. The predicted molar refractivity (Wildman–Crippen MR) is 82.6 cm³/mol. The van der Waals surface area contributed by atoms with Gasteiger partial charge >= 0.3 is 0 Å². The molecule has 0 aliphatic carbocycles. The van der Waals surface area contributed by atoms with Gasteiger partial charge in [0.05, 0.1) is 10.6 Å². The maximum atomic E-state index is 12.5. The summed E-state index contributed by atoms with van der Waals surface area (Å²) >= 11 is 0. The molecule has 0 aromatic heterocycles. The molecule has 2 rings (SSSR count). The van der Waals surface area contributed by atoms with Crippen molar-refractivity contribution in [1.29, 1.82) is 0 Å². The normalized spacial score (nSPS) is 13.1. The maximum Gasteiger partial charge on any atom is 0.178 e. The number of sulfone groups is 1. The fourth-order valence-corrected chi connectivity index (χ4v) is 4.06. The zero-order valence-electron chi connectivity index (χ0n) is 11.7. The summed E-state index contributed by atoms with van der Waals surface area (Å²) in [5.74, 6) is 0.237. The molecule has 3 heteroatoms. The van der Waals surface area contributed by atoms with Crippen molar-refractivity contribution in [3.8, 4) is 0 Å². The van der Waals surface area contributed by atoms with Gasteiger partial charge in [-0.05, 0) is 30.0 Å². The Morgan fingerprint density at radius 3 is 2.00 bits per heavy atom. The van der Waals surface area contributed by atoms with Crippen LogP contribution in [0.4, 0.5) is 0 Å². The van der Waals surface area contributed by atoms with Gasteiger partial charge in [-0.1, -0.05) is 61.9 Å². The third kappa shape index (κ3) is 3.70. The van der Waals surface area contributed by atoms with Crippen LogP contribution in [-0.4, -0.2) is 14.2 Å². The Morgan fingerprint density at radius 1 is 0.900 bits per heavy atom. The Kier molecular flexibility index (Phi) is 4.96. The van der Waals surface area contributed by atoms with Gasteiger partial charge in [0.15, 0.2) is 9.84 Å². The van der Waals surface area contributed by atoms with Crippen LogP contribution in [0.2, 0.25) is 0 Å². The molecule has 0 aliphatic heterocycles. The Hall–Kier alpha value is -1.61. The molecule has 2 aromatic carbocycles. The van der Waals surface area contributed by atoms with Crippen LogP contribution in [0, 0.1) is 0 Å². The minimum absolute atomic E-state index is 0.0615. The zero-order valence-corrected chi connectivity index (χ0v) is 12.5. The van der Waals surface area contributed by atoms with Gasteiger partial charge < -0.3 is 0 Å². The quantitative estimate of drug-likeness (QED) is 0.803. The summed E-state index contributed by atoms with van der Waals surface area (Å²) < 4.78 is 25.0. The summed E-state index contributed by atoms with van der Waals surface area (Å²) in [7, 11) is -3.23. The highest BCUT2D eigenvalue weighted by Gasteiger charge is 2.21. The van der Waals surface area contributed by atoms with Crippen molar-refractivity contribution in [3.05, 3.63) is 66.2 Å². The van der Waals surface area contributed by atoms with Crippen molar-refractivity contribution in [2.45, 2.75) is 30.6 Å². The summed E-state index contributed by atoms with van der Waals surface area (Å²) in [6.07, 6.45) is 1.86. The number of hydrogen-bond acceptors (Lipinski definition) is 2. The molecule has 0 saturated heterocycles. The zero-order chi connectivity index (χ0) is 14.4. The van der Waals surface area contributed by atoms with Crippen LogP contribution in [0.25, 0.3) is 0 Å². The molecule has 0 amide bonds. The number of rotatable bonds is 6. The van der Waals surface area contributed by atoms with Gasteiger partial charge in [0.2, 0.25) is 0 Å². The van der Waals surface area contributed by atoms with Crippen molar-refractivity contribution < 1.29 is 8.42 Å². The van der Waals surface area contributed by atoms with E-state index in [2.05, 4.69) is 6.92 Å². The number of benzene rings is 2. The number of hydrogen-bond donors (Lipinski definition) is 0. The van der Waals surface area contributed by atoms with E-state index in [4.69, 9.17) is 0 Å². The van der Waals surface area contributed by atoms with E-state index in [0.717, 1.165) is 18.4 Å². The van der Waals surface area contributed by atoms with Gasteiger partial charge in [-0.2, -0.15) is 0 Å². The van der Waals surface area contributed by atoms with Crippen molar-refractivity contribution in [1.82, 2.24) is 0 Å². The maximum absolute atomic E-state index is 12.5. The van der Waals surface area contributed by atoms with Crippen molar-refractivity contribution in [3.63, 3.8) is 0 Å². The van der Waals surface area contributed by atoms with E-state index in [9.17, 15) is 8.42 Å². The van der Waals surface area contributed by atoms with Gasteiger partial charge in [-0.3, -0.25) is 0 Å². The first kappa shape index (κ1) is 14.8. The molecule has 0 aliphatic rings. The van der Waals surface area contributed by atoms with E-state index >= 15 is 0 Å². The summed E-state index contributed by atoms with van der Waals surface area (Å²) in [4.78, 5) is 0.414. The lowest BCUT2D eigenvalue weighted by atomic mass is 9.97. The van der Waals surface area contributed by atoms with Crippen LogP contribution in [0.5, 0.6) is 0 Å². The molecular weight excluding hydrogens is 268 g/mol. The van der Waals surface area contributed by atoms with E-state index in [1.807, 2.05) is 36.4 Å². The van der Waals surface area contributed by atoms with E-state index in [1.165, 1.54) is 0 Å². The topological polar surface area (TPSA) is 34.1 Å². The summed E-state index contributed by atoms with van der Waals surface area (Å²) in [5, 5.41) is 0. The minimum atomic E-state index is -3.23. The molecule has 2 aromatic rings. The van der Waals surface area contributed by atoms with E-state index in [-0.39, 0.29) is 11.7 Å². The second-order valence-corrected chi connectivity index (χ2v) is 7.02. The average molecular weight is 288 g/mol. The Morgan fingerprint density at radius 2 is 1.45 bits per heavy atom. The van der Waals surface area contributed by atoms with Crippen molar-refractivity contribution >= 4 is 9.84 Å². The fourth-order valence-electron chi connectivity index (χ4n) is 2.41. The largest absolute Gasteiger partial charge is 0.224 e. The molecule has 0 bridgehead atoms. The van der Waals surface area contributed by atoms with E-state index in [1.54, 1.807) is 24.3 Å². The van der Waals surface area contributed by atoms with E-state index < -0.39 is 9.84 Å². The van der Waals surface area contributed by atoms with Crippen LogP contribution >= 0.6 is 0 Å². The van der Waals surface area contributed by atoms with Crippen molar-refractivity contribution in [2.24, 2.45) is 0 Å². The van der Waals surface area contributed by atoms with Gasteiger partial charge in [-0.25, -0.2) is 8.42 Å². The third-order valence-corrected chi connectivity index (χ3v) is 5.26. The molecule has 106 valence electrons. The summed E-state index contributed by atoms with van der Waals surface area (Å²) in [5.41, 5.74) is 1.11. The molecule has 0 N–H and O–H groups in total. The Balaban J connectivity index is 2.25. The van der Waals surface area contributed by atoms with Gasteiger partial charge in [-0.15, -0.1) is 0 Å². The molecule has 2 nitrogen and oxygen atoms in total. The lowest BCUT2D eigenvalue weighted by Crippen LogP contribution is -2.15. The van der Waals surface area contributed by atoms with E-state index in [0.29, 0.717) is 4.90 Å². The SMILES string of the molecule is CCC[C@@H](CS(=O)(=O)c1ccccc1)c1ccccc1. The lowest BCUT2D eigenvalue weighted by Gasteiger charge is -2.17. The molecule has 20 heavy (non-hydrogen) atoms. The highest BCUT2D eigenvalue weighted by atomic mass is 32.2. The standard InChI is InChI=1S/C17H20O2S/c1-2-9-16(15-10-5-3-6-11-15)14-20(18,19)17-12-7-4-8-13-17/h3-8,10-13,16H,2,9,14H2,1H3/t16-/m0/s1. The van der Waals surface area contributed by atoms with Crippen molar-refractivity contribution in [2.75, 3.05) is 5.75 Å². The summed E-state index contributed by atoms with van der Waals surface area (Å²) in [6.45, 7) is 2.09. The van der Waals surface area contributed by atoms with Crippen LogP contribution in [-0.2, 0) is 9.84 Å². The first-order valence-corrected chi connectivity index (χ1v) is 8.61. The highest BCUT2D eigenvalue weighted by molar-refractivity contribution is 7.91. The van der Waals surface area contributed by atoms with Crippen LogP contribution < -0.4 is 0 Å². The molecule has 0 fully saturated rings. The third-order valence-electron chi connectivity index (χ3n) is 3.43. The Bertz CT molecular complexity index is 619. The van der Waals surface area contributed by atoms with Gasteiger partial charge in [0, 0.05) is 0 Å². The van der Waals surface area contributed by atoms with Gasteiger partial charge in [0.25, 0.3) is 0 Å². The molecule has 0 saturated carbocycles.